The smallest absolute Gasteiger partial charge is 0.292 e. The van der Waals surface area contributed by atoms with E-state index in [1.54, 1.807) is 11.0 Å². The largest absolute Gasteiger partial charge is 0.356 e. The van der Waals surface area contributed by atoms with Crippen molar-refractivity contribution in [3.8, 4) is 0 Å². The molecule has 8 heteroatoms. The van der Waals surface area contributed by atoms with E-state index in [0.29, 0.717) is 37.1 Å². The van der Waals surface area contributed by atoms with Crippen LogP contribution in [0.1, 0.15) is 15.9 Å². The number of nitrogens with zero attached hydrogens (tertiary/aromatic N) is 3. The maximum atomic E-state index is 12.7. The Kier molecular flexibility index (Phi) is 5.55. The SMILES string of the molecule is CN1CN(CCOC2C(=O)SC(=O)N2Cc2ccccc2)C(=O)c2ccccc21. The highest BCUT2D eigenvalue weighted by Crippen LogP contribution is 2.29. The molecular formula is C21H21N3O4S. The number of rotatable bonds is 6. The van der Waals surface area contributed by atoms with Crippen LogP contribution in [0.2, 0.25) is 0 Å². The van der Waals surface area contributed by atoms with Gasteiger partial charge in [0.15, 0.2) is 0 Å². The van der Waals surface area contributed by atoms with Crippen LogP contribution < -0.4 is 4.90 Å². The zero-order valence-electron chi connectivity index (χ0n) is 16.0. The van der Waals surface area contributed by atoms with Crippen LogP contribution >= 0.6 is 11.8 Å². The van der Waals surface area contributed by atoms with E-state index < -0.39 is 6.23 Å². The molecule has 4 rings (SSSR count). The second-order valence-electron chi connectivity index (χ2n) is 6.95. The zero-order chi connectivity index (χ0) is 20.4. The quantitative estimate of drug-likeness (QED) is 0.728. The van der Waals surface area contributed by atoms with Crippen LogP contribution in [0.25, 0.3) is 0 Å². The first-order valence-corrected chi connectivity index (χ1v) is 10.1. The van der Waals surface area contributed by atoms with Crippen LogP contribution in [0.4, 0.5) is 10.5 Å². The molecule has 29 heavy (non-hydrogen) atoms. The Bertz CT molecular complexity index is 937. The molecule has 2 aromatic carbocycles. The second-order valence-corrected chi connectivity index (χ2v) is 7.90. The topological polar surface area (TPSA) is 70.2 Å². The number of amides is 2. The molecule has 0 bridgehead atoms. The predicted molar refractivity (Wildman–Crippen MR) is 110 cm³/mol. The first-order valence-electron chi connectivity index (χ1n) is 9.32. The Morgan fingerprint density at radius 1 is 1.03 bits per heavy atom. The Hall–Kier alpha value is -2.84. The molecule has 1 saturated heterocycles. The van der Waals surface area contributed by atoms with Crippen LogP contribution in [-0.4, -0.2) is 59.2 Å². The predicted octanol–water partition coefficient (Wildman–Crippen LogP) is 2.77. The number of ether oxygens (including phenoxy) is 1. The van der Waals surface area contributed by atoms with Gasteiger partial charge in [-0.25, -0.2) is 0 Å². The first-order chi connectivity index (χ1) is 14.0. The average Bonchev–Trinajstić information content (AvgIpc) is 2.99. The van der Waals surface area contributed by atoms with Crippen LogP contribution in [0, 0.1) is 0 Å². The van der Waals surface area contributed by atoms with Gasteiger partial charge in [0.1, 0.15) is 0 Å². The molecule has 0 N–H and O–H groups in total. The summed E-state index contributed by atoms with van der Waals surface area (Å²) >= 11 is 0.668. The Morgan fingerprint density at radius 2 is 1.76 bits per heavy atom. The number of carbonyl (C=O) groups is 3. The lowest BCUT2D eigenvalue weighted by molar-refractivity contribution is -0.129. The molecule has 0 aromatic heterocycles. The van der Waals surface area contributed by atoms with E-state index in [2.05, 4.69) is 0 Å². The minimum Gasteiger partial charge on any atom is -0.356 e. The second kappa shape index (κ2) is 8.26. The third kappa shape index (κ3) is 3.99. The number of hydrogen-bond donors (Lipinski definition) is 0. The van der Waals surface area contributed by atoms with Gasteiger partial charge in [0.05, 0.1) is 24.5 Å². The lowest BCUT2D eigenvalue weighted by atomic mass is 10.1. The summed E-state index contributed by atoms with van der Waals surface area (Å²) in [7, 11) is 1.93. The van der Waals surface area contributed by atoms with Gasteiger partial charge in [-0.3, -0.25) is 19.3 Å². The van der Waals surface area contributed by atoms with Crippen molar-refractivity contribution in [2.45, 2.75) is 12.8 Å². The Labute approximate surface area is 173 Å². The van der Waals surface area contributed by atoms with E-state index in [1.165, 1.54) is 4.90 Å². The summed E-state index contributed by atoms with van der Waals surface area (Å²) in [6, 6.07) is 16.9. The van der Waals surface area contributed by atoms with E-state index in [9.17, 15) is 14.4 Å². The van der Waals surface area contributed by atoms with Gasteiger partial charge in [-0.2, -0.15) is 0 Å². The molecule has 1 fully saturated rings. The molecule has 2 aromatic rings. The molecule has 1 unspecified atom stereocenters. The molecule has 0 radical (unpaired) electrons. The normalized spacial score (nSPS) is 19.1. The van der Waals surface area contributed by atoms with E-state index >= 15 is 0 Å². The van der Waals surface area contributed by atoms with E-state index in [4.69, 9.17) is 4.74 Å². The van der Waals surface area contributed by atoms with Gasteiger partial charge < -0.3 is 14.5 Å². The van der Waals surface area contributed by atoms with Gasteiger partial charge in [0.25, 0.3) is 11.1 Å². The van der Waals surface area contributed by atoms with Crippen LogP contribution in [0.15, 0.2) is 54.6 Å². The van der Waals surface area contributed by atoms with Crippen molar-refractivity contribution in [2.75, 3.05) is 31.8 Å². The highest BCUT2D eigenvalue weighted by Gasteiger charge is 2.40. The number of hydrogen-bond acceptors (Lipinski definition) is 6. The Morgan fingerprint density at radius 3 is 2.55 bits per heavy atom. The third-order valence-corrected chi connectivity index (χ3v) is 5.77. The van der Waals surface area contributed by atoms with Crippen molar-refractivity contribution in [3.63, 3.8) is 0 Å². The summed E-state index contributed by atoms with van der Waals surface area (Å²) < 4.78 is 5.77. The summed E-state index contributed by atoms with van der Waals surface area (Å²) in [5.74, 6) is -0.0633. The van der Waals surface area contributed by atoms with Crippen molar-refractivity contribution in [2.24, 2.45) is 0 Å². The molecule has 2 amide bonds. The number of benzene rings is 2. The molecule has 2 aliphatic rings. The molecule has 1 atom stereocenters. The Balaban J connectivity index is 1.38. The van der Waals surface area contributed by atoms with Gasteiger partial charge >= 0.3 is 0 Å². The number of anilines is 1. The van der Waals surface area contributed by atoms with Crippen molar-refractivity contribution < 1.29 is 19.1 Å². The summed E-state index contributed by atoms with van der Waals surface area (Å²) in [4.78, 5) is 42.3. The summed E-state index contributed by atoms with van der Waals surface area (Å²) in [6.45, 7) is 1.25. The number of carbonyl (C=O) groups excluding carboxylic acids is 3. The van der Waals surface area contributed by atoms with E-state index in [1.807, 2.05) is 60.5 Å². The summed E-state index contributed by atoms with van der Waals surface area (Å²) in [5, 5.41) is -0.634. The third-order valence-electron chi connectivity index (χ3n) is 4.96. The van der Waals surface area contributed by atoms with Crippen LogP contribution in [-0.2, 0) is 16.1 Å². The molecular weight excluding hydrogens is 390 g/mol. The number of para-hydroxylation sites is 1. The van der Waals surface area contributed by atoms with Gasteiger partial charge in [-0.1, -0.05) is 42.5 Å². The van der Waals surface area contributed by atoms with Crippen molar-refractivity contribution in [1.29, 1.82) is 0 Å². The van der Waals surface area contributed by atoms with Crippen LogP contribution in [0.5, 0.6) is 0 Å². The lowest BCUT2D eigenvalue weighted by Crippen LogP contribution is -2.47. The number of thioether (sulfide) groups is 1. The fourth-order valence-corrected chi connectivity index (χ4v) is 4.25. The molecule has 7 nitrogen and oxygen atoms in total. The minimum absolute atomic E-state index is 0.0633. The maximum Gasteiger partial charge on any atom is 0.292 e. The molecule has 0 saturated carbocycles. The maximum absolute atomic E-state index is 12.7. The monoisotopic (exact) mass is 411 g/mol. The molecule has 2 aliphatic heterocycles. The van der Waals surface area contributed by atoms with E-state index in [0.717, 1.165) is 11.3 Å². The minimum atomic E-state index is -0.933. The van der Waals surface area contributed by atoms with Crippen molar-refractivity contribution >= 4 is 33.7 Å². The average molecular weight is 411 g/mol. The fourth-order valence-electron chi connectivity index (χ4n) is 3.50. The summed E-state index contributed by atoms with van der Waals surface area (Å²) in [5.41, 5.74) is 2.47. The first kappa shape index (κ1) is 19.5. The number of fused-ring (bicyclic) bond motifs is 1. The standard InChI is InChI=1S/C21H21N3O4S/c1-22-14-23(18(25)16-9-5-6-10-17(16)22)11-12-28-19-20(26)29-21(27)24(19)13-15-7-3-2-4-8-15/h2-10,19H,11-14H2,1H3. The van der Waals surface area contributed by atoms with Crippen molar-refractivity contribution in [1.82, 2.24) is 9.80 Å². The lowest BCUT2D eigenvalue weighted by Gasteiger charge is -2.36. The van der Waals surface area contributed by atoms with Crippen molar-refractivity contribution in [3.05, 3.63) is 65.7 Å². The molecule has 2 heterocycles. The highest BCUT2D eigenvalue weighted by molar-refractivity contribution is 8.26. The van der Waals surface area contributed by atoms with Gasteiger partial charge in [-0.15, -0.1) is 0 Å². The summed E-state index contributed by atoms with van der Waals surface area (Å²) in [6.07, 6.45) is -0.933. The molecule has 150 valence electrons. The van der Waals surface area contributed by atoms with Crippen LogP contribution in [0.3, 0.4) is 0 Å². The zero-order valence-corrected chi connectivity index (χ0v) is 16.8. The van der Waals surface area contributed by atoms with Gasteiger partial charge in [-0.05, 0) is 17.7 Å². The fraction of sp³-hybridized carbons (Fsp3) is 0.286. The molecule has 0 aliphatic carbocycles. The molecule has 0 spiro atoms. The van der Waals surface area contributed by atoms with E-state index in [-0.39, 0.29) is 22.9 Å². The van der Waals surface area contributed by atoms with Gasteiger partial charge in [0.2, 0.25) is 11.3 Å². The van der Waals surface area contributed by atoms with Gasteiger partial charge in [0, 0.05) is 31.9 Å². The highest BCUT2D eigenvalue weighted by atomic mass is 32.2.